The molecular weight excluding hydrogens is 366 g/mol. The van der Waals surface area contributed by atoms with Crippen molar-refractivity contribution in [3.05, 3.63) is 42.5 Å². The molecule has 0 saturated carbocycles. The van der Waals surface area contributed by atoms with Gasteiger partial charge in [0.1, 0.15) is 5.82 Å². The monoisotopic (exact) mass is 389 g/mol. The average molecular weight is 389 g/mol. The van der Waals surface area contributed by atoms with Crippen LogP contribution in [-0.4, -0.2) is 69.9 Å². The lowest BCUT2D eigenvalue weighted by Crippen LogP contribution is -2.39. The Hall–Kier alpha value is -3.44. The highest BCUT2D eigenvalue weighted by Gasteiger charge is 2.19. The van der Waals surface area contributed by atoms with Crippen molar-refractivity contribution < 1.29 is 4.79 Å². The van der Waals surface area contributed by atoms with Gasteiger partial charge in [0.05, 0.1) is 13.1 Å². The molecule has 2 aromatic heterocycles. The number of nitrogens with one attached hydrogen (secondary N) is 1. The van der Waals surface area contributed by atoms with Crippen molar-refractivity contribution in [1.82, 2.24) is 30.0 Å². The zero-order valence-electron chi connectivity index (χ0n) is 16.2. The molecule has 8 heteroatoms. The predicted octanol–water partition coefficient (Wildman–Crippen LogP) is 1.05. The smallest absolute Gasteiger partial charge is 0.234 e. The summed E-state index contributed by atoms with van der Waals surface area (Å²) in [5.41, 5.74) is 1.69. The van der Waals surface area contributed by atoms with Crippen LogP contribution in [0.25, 0.3) is 17.0 Å². The minimum Gasteiger partial charge on any atom is -0.354 e. The van der Waals surface area contributed by atoms with Gasteiger partial charge in [-0.15, -0.1) is 21.7 Å². The molecule has 0 unspecified atom stereocenters. The van der Waals surface area contributed by atoms with Crippen LogP contribution in [0.4, 0.5) is 5.82 Å². The highest BCUT2D eigenvalue weighted by Crippen LogP contribution is 2.20. The van der Waals surface area contributed by atoms with Gasteiger partial charge in [0.25, 0.3) is 0 Å². The number of benzene rings is 1. The van der Waals surface area contributed by atoms with E-state index in [-0.39, 0.29) is 12.5 Å². The molecule has 0 aliphatic carbocycles. The Morgan fingerprint density at radius 3 is 2.76 bits per heavy atom. The molecule has 1 aliphatic heterocycles. The van der Waals surface area contributed by atoms with E-state index in [0.29, 0.717) is 12.2 Å². The van der Waals surface area contributed by atoms with Crippen molar-refractivity contribution in [2.75, 3.05) is 44.2 Å². The van der Waals surface area contributed by atoms with E-state index in [9.17, 15) is 4.79 Å². The van der Waals surface area contributed by atoms with E-state index >= 15 is 0 Å². The van der Waals surface area contributed by atoms with Crippen LogP contribution >= 0.6 is 0 Å². The number of rotatable bonds is 5. The van der Waals surface area contributed by atoms with Gasteiger partial charge in [-0.3, -0.25) is 9.69 Å². The molecule has 1 aromatic carbocycles. The molecule has 1 amide bonds. The van der Waals surface area contributed by atoms with Crippen molar-refractivity contribution in [3.8, 4) is 23.7 Å². The molecule has 148 valence electrons. The lowest BCUT2D eigenvalue weighted by atomic mass is 10.2. The summed E-state index contributed by atoms with van der Waals surface area (Å²) in [6.45, 7) is 3.96. The first-order chi connectivity index (χ1) is 14.2. The lowest BCUT2D eigenvalue weighted by molar-refractivity contribution is -0.121. The second-order valence-electron chi connectivity index (χ2n) is 6.95. The molecule has 1 saturated heterocycles. The van der Waals surface area contributed by atoms with E-state index in [2.05, 4.69) is 31.2 Å². The third kappa shape index (κ3) is 4.36. The first-order valence-corrected chi connectivity index (χ1v) is 9.70. The van der Waals surface area contributed by atoms with Crippen LogP contribution in [0.15, 0.2) is 42.5 Å². The fraction of sp³-hybridized carbons (Fsp3) is 0.333. The van der Waals surface area contributed by atoms with Gasteiger partial charge in [0.2, 0.25) is 5.91 Å². The number of aromatic nitrogens is 4. The van der Waals surface area contributed by atoms with Gasteiger partial charge in [0.15, 0.2) is 11.5 Å². The van der Waals surface area contributed by atoms with Crippen molar-refractivity contribution in [2.24, 2.45) is 0 Å². The number of anilines is 1. The summed E-state index contributed by atoms with van der Waals surface area (Å²) in [7, 11) is 0. The van der Waals surface area contributed by atoms with E-state index in [1.54, 1.807) is 4.52 Å². The summed E-state index contributed by atoms with van der Waals surface area (Å²) in [6, 6.07) is 13.8. The number of fused-ring (bicyclic) bond motifs is 1. The van der Waals surface area contributed by atoms with Gasteiger partial charge >= 0.3 is 0 Å². The Morgan fingerprint density at radius 1 is 1.07 bits per heavy atom. The summed E-state index contributed by atoms with van der Waals surface area (Å²) in [4.78, 5) is 16.3. The minimum atomic E-state index is -0.0343. The van der Waals surface area contributed by atoms with E-state index in [4.69, 9.17) is 11.5 Å². The topological polar surface area (TPSA) is 78.7 Å². The summed E-state index contributed by atoms with van der Waals surface area (Å²) in [5.74, 6) is 4.00. The SMILES string of the molecule is C#CCNC(=O)CN1CCCN(c2ccc3nnc(-c4ccccc4)n3n2)CC1. The Balaban J connectivity index is 1.49. The molecule has 3 aromatic rings. The van der Waals surface area contributed by atoms with Crippen LogP contribution in [0, 0.1) is 12.3 Å². The van der Waals surface area contributed by atoms with Crippen molar-refractivity contribution in [2.45, 2.75) is 6.42 Å². The molecule has 4 rings (SSSR count). The van der Waals surface area contributed by atoms with Gasteiger partial charge in [-0.2, -0.15) is 4.52 Å². The van der Waals surface area contributed by atoms with Crippen LogP contribution < -0.4 is 10.2 Å². The first kappa shape index (κ1) is 18.9. The highest BCUT2D eigenvalue weighted by atomic mass is 16.2. The molecule has 0 atom stereocenters. The minimum absolute atomic E-state index is 0.0343. The number of hydrogen-bond acceptors (Lipinski definition) is 6. The number of nitrogens with zero attached hydrogens (tertiary/aromatic N) is 6. The third-order valence-electron chi connectivity index (χ3n) is 4.95. The normalized spacial score (nSPS) is 15.1. The van der Waals surface area contributed by atoms with Crippen LogP contribution in [0.2, 0.25) is 0 Å². The summed E-state index contributed by atoms with van der Waals surface area (Å²) in [5, 5.41) is 16.1. The molecule has 8 nitrogen and oxygen atoms in total. The van der Waals surface area contributed by atoms with Crippen LogP contribution in [0.1, 0.15) is 6.42 Å². The number of amides is 1. The summed E-state index contributed by atoms with van der Waals surface area (Å²) < 4.78 is 1.79. The van der Waals surface area contributed by atoms with Gasteiger partial charge < -0.3 is 10.2 Å². The molecule has 1 aliphatic rings. The summed E-state index contributed by atoms with van der Waals surface area (Å²) >= 11 is 0. The Kier molecular flexibility index (Phi) is 5.68. The molecule has 1 N–H and O–H groups in total. The zero-order chi connectivity index (χ0) is 20.1. The number of carbonyl (C=O) groups excluding carboxylic acids is 1. The standard InChI is InChI=1S/C21H23N7O/c1-2-11-22-20(29)16-26-12-6-13-27(15-14-26)19-10-9-18-23-24-21(28(18)25-19)17-7-4-3-5-8-17/h1,3-5,7-10H,6,11-16H2,(H,22,29). The highest BCUT2D eigenvalue weighted by molar-refractivity contribution is 5.78. The largest absolute Gasteiger partial charge is 0.354 e. The van der Waals surface area contributed by atoms with E-state index < -0.39 is 0 Å². The number of carbonyl (C=O) groups is 1. The van der Waals surface area contributed by atoms with Gasteiger partial charge in [-0.25, -0.2) is 0 Å². The van der Waals surface area contributed by atoms with Crippen molar-refractivity contribution >= 4 is 17.4 Å². The van der Waals surface area contributed by atoms with Crippen molar-refractivity contribution in [3.63, 3.8) is 0 Å². The second kappa shape index (κ2) is 8.71. The number of terminal acetylenes is 1. The fourth-order valence-corrected chi connectivity index (χ4v) is 3.48. The average Bonchev–Trinajstić information content (AvgIpc) is 3.04. The third-order valence-corrected chi connectivity index (χ3v) is 4.95. The Labute approximate surface area is 169 Å². The second-order valence-corrected chi connectivity index (χ2v) is 6.95. The Morgan fingerprint density at radius 2 is 1.93 bits per heavy atom. The number of hydrogen-bond donors (Lipinski definition) is 1. The van der Waals surface area contributed by atoms with Gasteiger partial charge in [-0.1, -0.05) is 36.3 Å². The molecule has 29 heavy (non-hydrogen) atoms. The lowest BCUT2D eigenvalue weighted by Gasteiger charge is -2.22. The zero-order valence-corrected chi connectivity index (χ0v) is 16.2. The maximum Gasteiger partial charge on any atom is 0.234 e. The van der Waals surface area contributed by atoms with Crippen molar-refractivity contribution in [1.29, 1.82) is 0 Å². The molecule has 3 heterocycles. The quantitative estimate of drug-likeness (QED) is 0.658. The van der Waals surface area contributed by atoms with Gasteiger partial charge in [0, 0.05) is 31.7 Å². The van der Waals surface area contributed by atoms with Gasteiger partial charge in [-0.05, 0) is 18.6 Å². The first-order valence-electron chi connectivity index (χ1n) is 9.70. The molecule has 0 spiro atoms. The maximum atomic E-state index is 11.9. The fourth-order valence-electron chi connectivity index (χ4n) is 3.48. The van der Waals surface area contributed by atoms with Crippen LogP contribution in [0.3, 0.4) is 0 Å². The molecular formula is C21H23N7O. The van der Waals surface area contributed by atoms with Crippen LogP contribution in [0.5, 0.6) is 0 Å². The predicted molar refractivity (Wildman–Crippen MR) is 111 cm³/mol. The molecule has 0 bridgehead atoms. The van der Waals surface area contributed by atoms with E-state index in [1.165, 1.54) is 0 Å². The Bertz CT molecular complexity index is 1020. The van der Waals surface area contributed by atoms with E-state index in [1.807, 2.05) is 42.5 Å². The van der Waals surface area contributed by atoms with E-state index in [0.717, 1.165) is 49.8 Å². The summed E-state index contributed by atoms with van der Waals surface area (Å²) in [6.07, 6.45) is 6.15. The molecule has 0 radical (unpaired) electrons. The molecule has 1 fully saturated rings. The van der Waals surface area contributed by atoms with Crippen LogP contribution in [-0.2, 0) is 4.79 Å². The maximum absolute atomic E-state index is 11.9.